The topological polar surface area (TPSA) is 78.9 Å². The van der Waals surface area contributed by atoms with Crippen molar-refractivity contribution in [2.45, 2.75) is 71.0 Å². The van der Waals surface area contributed by atoms with Crippen LogP contribution in [0.15, 0.2) is 30.4 Å². The van der Waals surface area contributed by atoms with E-state index in [4.69, 9.17) is 14.2 Å². The quantitative estimate of drug-likeness (QED) is 0.318. The molecule has 176 valence electrons. The van der Waals surface area contributed by atoms with Gasteiger partial charge in [-0.25, -0.2) is 0 Å². The lowest BCUT2D eigenvalue weighted by atomic mass is 9.86. The minimum absolute atomic E-state index is 0.000281. The van der Waals surface area contributed by atoms with Gasteiger partial charge in [0.1, 0.15) is 18.0 Å². The molecule has 1 aliphatic heterocycles. The van der Waals surface area contributed by atoms with E-state index in [1.807, 2.05) is 31.2 Å². The van der Waals surface area contributed by atoms with Gasteiger partial charge in [-0.05, 0) is 31.4 Å². The van der Waals surface area contributed by atoms with Gasteiger partial charge in [0, 0.05) is 49.5 Å². The van der Waals surface area contributed by atoms with Crippen LogP contribution >= 0.6 is 0 Å². The molecule has 1 aromatic carbocycles. The fourth-order valence-electron chi connectivity index (χ4n) is 4.73. The monoisotopic (exact) mass is 452 g/mol. The minimum Gasteiger partial charge on any atom is -0.489 e. The molecule has 0 unspecified atom stereocenters. The molecule has 0 spiro atoms. The van der Waals surface area contributed by atoms with E-state index in [1.165, 1.54) is 14.0 Å². The first-order valence-electron chi connectivity index (χ1n) is 11.5. The molecule has 0 N–H and O–H groups in total. The van der Waals surface area contributed by atoms with E-state index in [1.54, 1.807) is 13.0 Å². The number of para-hydroxylation sites is 1. The van der Waals surface area contributed by atoms with Crippen molar-refractivity contribution >= 4 is 17.7 Å². The Morgan fingerprint density at radius 1 is 1.30 bits per heavy atom. The Bertz CT molecular complexity index is 982. The maximum absolute atomic E-state index is 12.6. The molecule has 1 heterocycles. The second kappa shape index (κ2) is 11.2. The Kier molecular flexibility index (Phi) is 8.32. The summed E-state index contributed by atoms with van der Waals surface area (Å²) in [4.78, 5) is 35.8. The number of aryl methyl sites for hydroxylation is 1. The van der Waals surface area contributed by atoms with Crippen molar-refractivity contribution in [1.82, 2.24) is 0 Å². The lowest BCUT2D eigenvalue weighted by molar-refractivity contribution is -0.147. The Balaban J connectivity index is 1.82. The van der Waals surface area contributed by atoms with Crippen molar-refractivity contribution in [3.8, 4) is 17.6 Å². The number of hydrogen-bond acceptors (Lipinski definition) is 6. The summed E-state index contributed by atoms with van der Waals surface area (Å²) in [6.07, 6.45) is 5.86. The molecule has 1 saturated carbocycles. The average Bonchev–Trinajstić information content (AvgIpc) is 3.31. The van der Waals surface area contributed by atoms with Crippen LogP contribution in [0.1, 0.15) is 63.5 Å². The molecule has 6 heteroatoms. The first-order chi connectivity index (χ1) is 15.8. The van der Waals surface area contributed by atoms with Crippen LogP contribution in [0.3, 0.4) is 0 Å². The zero-order chi connectivity index (χ0) is 24.0. The summed E-state index contributed by atoms with van der Waals surface area (Å²) in [6, 6.07) is 6.06. The summed E-state index contributed by atoms with van der Waals surface area (Å²) in [7, 11) is 1.39. The Hall–Kier alpha value is -3.07. The molecule has 3 rings (SSSR count). The van der Waals surface area contributed by atoms with Gasteiger partial charge in [0.25, 0.3) is 0 Å². The third kappa shape index (κ3) is 5.84. The number of benzene rings is 1. The SMILES string of the molecule is CC#CC[C@@H](C)C(=O)/C=C/[C@@H]1[C@H]2c3cccc(CCCC(=O)OC)c3O[C@H]2C[C@H]1OC(C)=O. The van der Waals surface area contributed by atoms with Crippen molar-refractivity contribution in [3.63, 3.8) is 0 Å². The van der Waals surface area contributed by atoms with Crippen molar-refractivity contribution in [2.75, 3.05) is 7.11 Å². The fourth-order valence-corrected chi connectivity index (χ4v) is 4.73. The van der Waals surface area contributed by atoms with Gasteiger partial charge in [-0.3, -0.25) is 14.4 Å². The molecule has 0 amide bonds. The number of hydrogen-bond donors (Lipinski definition) is 0. The van der Waals surface area contributed by atoms with Gasteiger partial charge in [0.05, 0.1) is 7.11 Å². The number of carbonyl (C=O) groups excluding carboxylic acids is 3. The molecular weight excluding hydrogens is 420 g/mol. The minimum atomic E-state index is -0.344. The van der Waals surface area contributed by atoms with Crippen molar-refractivity contribution in [1.29, 1.82) is 0 Å². The number of rotatable bonds is 9. The molecule has 33 heavy (non-hydrogen) atoms. The van der Waals surface area contributed by atoms with E-state index in [0.29, 0.717) is 32.1 Å². The van der Waals surface area contributed by atoms with Crippen LogP contribution in [0.2, 0.25) is 0 Å². The number of allylic oxidation sites excluding steroid dienone is 1. The predicted octanol–water partition coefficient (Wildman–Crippen LogP) is 4.15. The van der Waals surface area contributed by atoms with Gasteiger partial charge in [-0.15, -0.1) is 11.8 Å². The highest BCUT2D eigenvalue weighted by Gasteiger charge is 2.50. The van der Waals surface area contributed by atoms with Crippen molar-refractivity contribution < 1.29 is 28.6 Å². The second-order valence-electron chi connectivity index (χ2n) is 8.70. The molecule has 0 saturated heterocycles. The Morgan fingerprint density at radius 3 is 2.79 bits per heavy atom. The van der Waals surface area contributed by atoms with Gasteiger partial charge < -0.3 is 14.2 Å². The van der Waals surface area contributed by atoms with E-state index < -0.39 is 0 Å². The lowest BCUT2D eigenvalue weighted by Crippen LogP contribution is -2.22. The summed E-state index contributed by atoms with van der Waals surface area (Å²) in [6.45, 7) is 5.03. The van der Waals surface area contributed by atoms with E-state index >= 15 is 0 Å². The maximum Gasteiger partial charge on any atom is 0.305 e. The highest BCUT2D eigenvalue weighted by Crippen LogP contribution is 2.52. The first-order valence-corrected chi connectivity index (χ1v) is 11.5. The van der Waals surface area contributed by atoms with Crippen LogP contribution < -0.4 is 4.74 Å². The van der Waals surface area contributed by atoms with Gasteiger partial charge >= 0.3 is 11.9 Å². The first kappa shape index (κ1) is 24.6. The number of esters is 2. The zero-order valence-corrected chi connectivity index (χ0v) is 19.8. The van der Waals surface area contributed by atoms with E-state index in [9.17, 15) is 14.4 Å². The van der Waals surface area contributed by atoms with E-state index in [0.717, 1.165) is 16.9 Å². The number of methoxy groups -OCH3 is 1. The third-order valence-electron chi connectivity index (χ3n) is 6.39. The van der Waals surface area contributed by atoms with Gasteiger partial charge in [0.2, 0.25) is 0 Å². The van der Waals surface area contributed by atoms with Crippen LogP contribution in [-0.4, -0.2) is 37.0 Å². The highest BCUT2D eigenvalue weighted by atomic mass is 16.5. The molecule has 1 aromatic rings. The molecule has 6 nitrogen and oxygen atoms in total. The number of carbonyl (C=O) groups is 3. The summed E-state index contributed by atoms with van der Waals surface area (Å²) < 4.78 is 16.7. The third-order valence-corrected chi connectivity index (χ3v) is 6.39. The predicted molar refractivity (Wildman–Crippen MR) is 124 cm³/mol. The number of ether oxygens (including phenoxy) is 3. The standard InChI is InChI=1S/C27H32O6/c1-5-6-9-17(2)22(29)15-14-20-23(32-18(3)28)16-24-26(20)21-12-7-10-19(27(21)33-24)11-8-13-25(30)31-4/h7,10,12,14-15,17,20,23-24,26H,8-9,11,13,16H2,1-4H3/b15-14+/t17-,20+,23-,24+,26+/m1/s1. The van der Waals surface area contributed by atoms with Crippen LogP contribution in [0, 0.1) is 23.7 Å². The number of ketones is 1. The molecule has 0 radical (unpaired) electrons. The van der Waals surface area contributed by atoms with E-state index in [2.05, 4.69) is 11.8 Å². The molecule has 1 fully saturated rings. The van der Waals surface area contributed by atoms with Crippen molar-refractivity contribution in [2.24, 2.45) is 11.8 Å². The normalized spacial score (nSPS) is 23.6. The van der Waals surface area contributed by atoms with Crippen molar-refractivity contribution in [3.05, 3.63) is 41.5 Å². The maximum atomic E-state index is 12.6. The van der Waals surface area contributed by atoms with Gasteiger partial charge in [0.15, 0.2) is 5.78 Å². The Labute approximate surface area is 195 Å². The van der Waals surface area contributed by atoms with Crippen LogP contribution in [0.25, 0.3) is 0 Å². The lowest BCUT2D eigenvalue weighted by Gasteiger charge is -2.21. The van der Waals surface area contributed by atoms with Crippen LogP contribution in [0.5, 0.6) is 5.75 Å². The molecular formula is C27H32O6. The highest BCUT2D eigenvalue weighted by molar-refractivity contribution is 5.91. The van der Waals surface area contributed by atoms with E-state index in [-0.39, 0.29) is 47.7 Å². The zero-order valence-electron chi connectivity index (χ0n) is 19.8. The molecule has 0 bridgehead atoms. The fraction of sp³-hybridized carbons (Fsp3) is 0.519. The molecule has 0 aromatic heterocycles. The second-order valence-corrected chi connectivity index (χ2v) is 8.70. The molecule has 2 aliphatic rings. The summed E-state index contributed by atoms with van der Waals surface area (Å²) in [5.74, 6) is 5.74. The smallest absolute Gasteiger partial charge is 0.305 e. The largest absolute Gasteiger partial charge is 0.489 e. The van der Waals surface area contributed by atoms with Crippen LogP contribution in [0.4, 0.5) is 0 Å². The Morgan fingerprint density at radius 2 is 2.09 bits per heavy atom. The average molecular weight is 453 g/mol. The van der Waals surface area contributed by atoms with Gasteiger partial charge in [-0.1, -0.05) is 31.2 Å². The molecule has 5 atom stereocenters. The number of fused-ring (bicyclic) bond motifs is 3. The summed E-state index contributed by atoms with van der Waals surface area (Å²) in [5.41, 5.74) is 2.12. The van der Waals surface area contributed by atoms with Crippen LogP contribution in [-0.2, 0) is 30.3 Å². The summed E-state index contributed by atoms with van der Waals surface area (Å²) in [5, 5.41) is 0. The molecule has 1 aliphatic carbocycles. The van der Waals surface area contributed by atoms with Gasteiger partial charge in [-0.2, -0.15) is 0 Å². The summed E-state index contributed by atoms with van der Waals surface area (Å²) >= 11 is 0.